The number of nitrogens with two attached hydrogens (primary N) is 1. The highest BCUT2D eigenvalue weighted by atomic mass is 35.5. The number of urea groups is 1. The van der Waals surface area contributed by atoms with Crippen LogP contribution in [0.25, 0.3) is 0 Å². The molecule has 1 unspecified atom stereocenters. The van der Waals surface area contributed by atoms with Crippen LogP contribution >= 0.6 is 11.6 Å². The molecule has 2 fully saturated rings. The second-order valence-corrected chi connectivity index (χ2v) is 15.3. The molecular formula is C40H57ClN6O6. The average molecular weight is 753 g/mol. The fourth-order valence-corrected chi connectivity index (χ4v) is 8.14. The smallest absolute Gasteiger partial charge is 0.410 e. The molecule has 290 valence electrons. The van der Waals surface area contributed by atoms with Crippen LogP contribution in [0.2, 0.25) is 5.02 Å². The first kappa shape index (κ1) is 40.2. The molecular weight excluding hydrogens is 696 g/mol. The fourth-order valence-electron chi connectivity index (χ4n) is 7.85. The lowest BCUT2D eigenvalue weighted by atomic mass is 9.83. The molecule has 0 aromatic heterocycles. The van der Waals surface area contributed by atoms with Crippen molar-refractivity contribution in [2.45, 2.75) is 84.3 Å². The first-order valence-corrected chi connectivity index (χ1v) is 19.6. The number of piperidine rings is 2. The van der Waals surface area contributed by atoms with Crippen molar-refractivity contribution in [1.29, 1.82) is 0 Å². The average Bonchev–Trinajstić information content (AvgIpc) is 3.32. The number of para-hydroxylation sites is 1. The lowest BCUT2D eigenvalue weighted by molar-refractivity contribution is -0.143. The number of amides is 4. The fraction of sp³-hybridized carbons (Fsp3) is 0.600. The molecule has 12 nitrogen and oxygen atoms in total. The predicted octanol–water partition coefficient (Wildman–Crippen LogP) is 5.98. The van der Waals surface area contributed by atoms with E-state index >= 15 is 0 Å². The standard InChI is InChI=1S/C40H57ClN6O6/c1-5-52-36(48)16-20-45-18-11-30(12-19-45)27(2)10-17-44(4)38(49)35(26-29-24-28(3)37(42)33(41)25-29)53-40(51)46-21-14-32(15-22-46)47-23-13-31-8-6-7-9-34(31)43-39(47)50/h6-9,24-25,27,30,32,35H,5,10-23,26,42H2,1-4H3,(H,43,50)/t27?,35-/m1/s1. The van der Waals surface area contributed by atoms with Gasteiger partial charge in [-0.2, -0.15) is 0 Å². The summed E-state index contributed by atoms with van der Waals surface area (Å²) in [5, 5.41) is 3.44. The number of esters is 1. The topological polar surface area (TPSA) is 138 Å². The Morgan fingerprint density at radius 3 is 2.47 bits per heavy atom. The largest absolute Gasteiger partial charge is 0.466 e. The van der Waals surface area contributed by atoms with E-state index in [4.69, 9.17) is 26.8 Å². The van der Waals surface area contributed by atoms with E-state index in [1.807, 2.05) is 49.1 Å². The summed E-state index contributed by atoms with van der Waals surface area (Å²) in [7, 11) is 1.77. The number of likely N-dealkylation sites (tertiary alicyclic amines) is 2. The van der Waals surface area contributed by atoms with Crippen molar-refractivity contribution in [3.63, 3.8) is 0 Å². The number of nitrogens with zero attached hydrogens (tertiary/aromatic N) is 4. The van der Waals surface area contributed by atoms with Gasteiger partial charge in [0.05, 0.1) is 23.7 Å². The van der Waals surface area contributed by atoms with Gasteiger partial charge in [-0.15, -0.1) is 0 Å². The van der Waals surface area contributed by atoms with Crippen molar-refractivity contribution in [3.8, 4) is 0 Å². The quantitative estimate of drug-likeness (QED) is 0.188. The second kappa shape index (κ2) is 18.8. The third-order valence-electron chi connectivity index (χ3n) is 11.3. The maximum atomic E-state index is 14.0. The number of benzene rings is 2. The number of rotatable bonds is 13. The Morgan fingerprint density at radius 1 is 1.06 bits per heavy atom. The molecule has 2 aromatic rings. The van der Waals surface area contributed by atoms with Crippen LogP contribution in [0.1, 0.15) is 69.1 Å². The number of ether oxygens (including phenoxy) is 2. The number of nitrogens with one attached hydrogen (secondary N) is 1. The molecule has 3 aliphatic heterocycles. The maximum Gasteiger partial charge on any atom is 0.410 e. The molecule has 0 saturated carbocycles. The third-order valence-corrected chi connectivity index (χ3v) is 11.6. The number of fused-ring (bicyclic) bond motifs is 1. The third kappa shape index (κ3) is 10.8. The number of nitrogen functional groups attached to an aromatic ring is 1. The maximum absolute atomic E-state index is 14.0. The van der Waals surface area contributed by atoms with E-state index in [-0.39, 0.29) is 30.4 Å². The first-order valence-electron chi connectivity index (χ1n) is 19.2. The summed E-state index contributed by atoms with van der Waals surface area (Å²) < 4.78 is 11.1. The van der Waals surface area contributed by atoms with Gasteiger partial charge in [0, 0.05) is 57.9 Å². The molecule has 0 spiro atoms. The predicted molar refractivity (Wildman–Crippen MR) is 207 cm³/mol. The zero-order chi connectivity index (χ0) is 38.1. The number of likely N-dealkylation sites (N-methyl/N-ethyl adjacent to an activating group) is 1. The second-order valence-electron chi connectivity index (χ2n) is 14.9. The highest BCUT2D eigenvalue weighted by Crippen LogP contribution is 2.29. The van der Waals surface area contributed by atoms with Gasteiger partial charge in [-0.1, -0.05) is 42.8 Å². The van der Waals surface area contributed by atoms with E-state index < -0.39 is 12.2 Å². The summed E-state index contributed by atoms with van der Waals surface area (Å²) in [6, 6.07) is 11.4. The van der Waals surface area contributed by atoms with E-state index in [0.29, 0.717) is 74.6 Å². The Balaban J connectivity index is 1.15. The van der Waals surface area contributed by atoms with Crippen LogP contribution in [0, 0.1) is 18.8 Å². The van der Waals surface area contributed by atoms with Crippen molar-refractivity contribution in [3.05, 3.63) is 58.1 Å². The summed E-state index contributed by atoms with van der Waals surface area (Å²) in [4.78, 5) is 60.1. The van der Waals surface area contributed by atoms with E-state index in [1.54, 1.807) is 22.9 Å². The highest BCUT2D eigenvalue weighted by molar-refractivity contribution is 6.33. The summed E-state index contributed by atoms with van der Waals surface area (Å²) in [5.74, 6) is 0.522. The summed E-state index contributed by atoms with van der Waals surface area (Å²) in [6.07, 6.45) is 3.92. The van der Waals surface area contributed by atoms with Crippen molar-refractivity contribution < 1.29 is 28.7 Å². The normalized spacial score (nSPS) is 18.4. The first-order chi connectivity index (χ1) is 25.4. The van der Waals surface area contributed by atoms with Crippen molar-refractivity contribution in [2.75, 3.05) is 70.5 Å². The van der Waals surface area contributed by atoms with Gasteiger partial charge < -0.3 is 40.1 Å². The Kier molecular flexibility index (Phi) is 14.3. The summed E-state index contributed by atoms with van der Waals surface area (Å²) in [5.41, 5.74) is 10.1. The highest BCUT2D eigenvalue weighted by Gasteiger charge is 2.35. The van der Waals surface area contributed by atoms with Crippen LogP contribution < -0.4 is 11.1 Å². The van der Waals surface area contributed by atoms with Gasteiger partial charge in [0.15, 0.2) is 6.10 Å². The molecule has 0 aliphatic carbocycles. The number of halogens is 1. The Hall–Kier alpha value is -4.03. The minimum Gasteiger partial charge on any atom is -0.466 e. The molecule has 53 heavy (non-hydrogen) atoms. The molecule has 3 heterocycles. The molecule has 2 atom stereocenters. The van der Waals surface area contributed by atoms with Crippen LogP contribution in [0.3, 0.4) is 0 Å². The lowest BCUT2D eigenvalue weighted by Gasteiger charge is -2.38. The van der Waals surface area contributed by atoms with Gasteiger partial charge in [0.1, 0.15) is 0 Å². The number of carbonyl (C=O) groups excluding carboxylic acids is 4. The molecule has 3 N–H and O–H groups in total. The van der Waals surface area contributed by atoms with Gasteiger partial charge in [0.25, 0.3) is 5.91 Å². The van der Waals surface area contributed by atoms with Crippen molar-refractivity contribution >= 4 is 47.0 Å². The molecule has 4 amide bonds. The molecule has 2 aromatic carbocycles. The van der Waals surface area contributed by atoms with Crippen molar-refractivity contribution in [1.82, 2.24) is 19.6 Å². The minimum atomic E-state index is -1.04. The molecule has 3 aliphatic rings. The monoisotopic (exact) mass is 752 g/mol. The van der Waals surface area contributed by atoms with Crippen LogP contribution in [0.4, 0.5) is 21.0 Å². The summed E-state index contributed by atoms with van der Waals surface area (Å²) in [6.45, 7) is 10.9. The van der Waals surface area contributed by atoms with Gasteiger partial charge in [-0.3, -0.25) is 9.59 Å². The van der Waals surface area contributed by atoms with Crippen LogP contribution in [-0.4, -0.2) is 115 Å². The zero-order valence-corrected chi connectivity index (χ0v) is 32.5. The molecule has 5 rings (SSSR count). The van der Waals surface area contributed by atoms with Crippen molar-refractivity contribution in [2.24, 2.45) is 11.8 Å². The van der Waals surface area contributed by atoms with Gasteiger partial charge in [0.2, 0.25) is 0 Å². The van der Waals surface area contributed by atoms with Crippen LogP contribution in [-0.2, 0) is 31.9 Å². The lowest BCUT2D eigenvalue weighted by Crippen LogP contribution is -2.51. The molecule has 0 bridgehead atoms. The number of hydrogen-bond acceptors (Lipinski definition) is 8. The van der Waals surface area contributed by atoms with E-state index in [1.165, 1.54) is 0 Å². The van der Waals surface area contributed by atoms with Gasteiger partial charge in [-0.05, 0) is 106 Å². The number of carbonyl (C=O) groups is 4. The Labute approximate surface area is 319 Å². The number of hydrogen-bond donors (Lipinski definition) is 2. The number of anilines is 2. The van der Waals surface area contributed by atoms with Crippen LogP contribution in [0.5, 0.6) is 0 Å². The van der Waals surface area contributed by atoms with Gasteiger partial charge in [-0.25, -0.2) is 9.59 Å². The zero-order valence-electron chi connectivity index (χ0n) is 31.8. The van der Waals surface area contributed by atoms with E-state index in [0.717, 1.165) is 67.7 Å². The molecule has 2 saturated heterocycles. The SMILES string of the molecule is CCOC(=O)CCN1CCC(C(C)CCN(C)C(=O)[C@@H](Cc2cc(C)c(N)c(Cl)c2)OC(=O)N2CCC(N3CCc4ccccc4NC3=O)CC2)CC1. The number of aryl methyl sites for hydroxylation is 1. The molecule has 13 heteroatoms. The van der Waals surface area contributed by atoms with E-state index in [9.17, 15) is 19.2 Å². The van der Waals surface area contributed by atoms with Crippen LogP contribution in [0.15, 0.2) is 36.4 Å². The molecule has 0 radical (unpaired) electrons. The van der Waals surface area contributed by atoms with Gasteiger partial charge >= 0.3 is 18.1 Å². The Morgan fingerprint density at radius 2 is 1.77 bits per heavy atom. The Bertz CT molecular complexity index is 1570. The summed E-state index contributed by atoms with van der Waals surface area (Å²) >= 11 is 6.42. The minimum absolute atomic E-state index is 0.00404. The van der Waals surface area contributed by atoms with E-state index in [2.05, 4.69) is 17.1 Å².